The number of benzene rings is 1. The van der Waals surface area contributed by atoms with Crippen molar-refractivity contribution in [2.24, 2.45) is 17.8 Å². The molecule has 0 amide bonds. The second-order valence-corrected chi connectivity index (χ2v) is 11.7. The van der Waals surface area contributed by atoms with Gasteiger partial charge in [-0.3, -0.25) is 0 Å². The normalized spacial score (nSPS) is 29.8. The van der Waals surface area contributed by atoms with E-state index in [1.54, 1.807) is 0 Å². The number of rotatable bonds is 5. The van der Waals surface area contributed by atoms with Crippen LogP contribution in [0.4, 0.5) is 17.6 Å². The molecule has 0 spiro atoms. The Morgan fingerprint density at radius 2 is 1.62 bits per heavy atom. The lowest BCUT2D eigenvalue weighted by atomic mass is 9.72. The maximum absolute atomic E-state index is 15.3. The molecule has 0 bridgehead atoms. The molecule has 2 fully saturated rings. The number of halogens is 5. The highest BCUT2D eigenvalue weighted by Gasteiger charge is 2.45. The van der Waals surface area contributed by atoms with Crippen molar-refractivity contribution in [3.05, 3.63) is 52.6 Å². The molecule has 0 radical (unpaired) electrons. The van der Waals surface area contributed by atoms with Crippen molar-refractivity contribution >= 4 is 22.6 Å². The Morgan fingerprint density at radius 1 is 0.938 bits per heavy atom. The zero-order chi connectivity index (χ0) is 22.9. The SMILES string of the molecule is Cc1ccc(OCC2CCC(C3=CC[C@@](I)(C4CCCCC4)C(F)=C3F)CC2)c(F)c1F. The molecule has 2 saturated carbocycles. The van der Waals surface area contributed by atoms with E-state index in [1.807, 2.05) is 6.08 Å². The molecule has 4 rings (SSSR count). The predicted octanol–water partition coefficient (Wildman–Crippen LogP) is 8.69. The highest BCUT2D eigenvalue weighted by molar-refractivity contribution is 14.1. The van der Waals surface area contributed by atoms with E-state index in [-0.39, 0.29) is 29.1 Å². The molecule has 1 aromatic carbocycles. The molecule has 0 aromatic heterocycles. The molecule has 32 heavy (non-hydrogen) atoms. The van der Waals surface area contributed by atoms with Gasteiger partial charge < -0.3 is 4.74 Å². The average Bonchev–Trinajstić information content (AvgIpc) is 2.82. The fourth-order valence-corrected chi connectivity index (χ4v) is 6.67. The van der Waals surface area contributed by atoms with Crippen molar-refractivity contribution in [1.82, 2.24) is 0 Å². The molecule has 3 aliphatic carbocycles. The Kier molecular flexibility index (Phi) is 7.57. The molecule has 6 heteroatoms. The zero-order valence-corrected chi connectivity index (χ0v) is 20.7. The van der Waals surface area contributed by atoms with Gasteiger partial charge in [-0.05, 0) is 86.8 Å². The van der Waals surface area contributed by atoms with Crippen LogP contribution in [-0.4, -0.2) is 10.0 Å². The second-order valence-electron chi connectivity index (χ2n) is 9.73. The van der Waals surface area contributed by atoms with Gasteiger partial charge in [0, 0.05) is 0 Å². The molecular formula is C26H31F4IO. The Hall–Kier alpha value is -1.05. The summed E-state index contributed by atoms with van der Waals surface area (Å²) in [5.74, 6) is -2.66. The van der Waals surface area contributed by atoms with Crippen molar-refractivity contribution in [1.29, 1.82) is 0 Å². The fraction of sp³-hybridized carbons (Fsp3) is 0.615. The highest BCUT2D eigenvalue weighted by atomic mass is 127. The van der Waals surface area contributed by atoms with Crippen LogP contribution in [0.1, 0.15) is 69.8 Å². The summed E-state index contributed by atoms with van der Waals surface area (Å²) in [4.78, 5) is 0. The molecule has 176 valence electrons. The quantitative estimate of drug-likeness (QED) is 0.198. The van der Waals surface area contributed by atoms with E-state index in [9.17, 15) is 8.78 Å². The molecule has 0 saturated heterocycles. The molecule has 1 atom stereocenters. The zero-order valence-electron chi connectivity index (χ0n) is 18.5. The van der Waals surface area contributed by atoms with Gasteiger partial charge in [0.25, 0.3) is 0 Å². The molecule has 1 aromatic rings. The first-order valence-corrected chi connectivity index (χ1v) is 12.9. The molecule has 0 unspecified atom stereocenters. The van der Waals surface area contributed by atoms with E-state index in [0.29, 0.717) is 18.6 Å². The Labute approximate surface area is 201 Å². The summed E-state index contributed by atoms with van der Waals surface area (Å²) < 4.78 is 63.0. The van der Waals surface area contributed by atoms with Crippen LogP contribution in [0.5, 0.6) is 5.75 Å². The third-order valence-corrected chi connectivity index (χ3v) is 9.48. The van der Waals surface area contributed by atoms with Gasteiger partial charge in [-0.25, -0.2) is 13.2 Å². The van der Waals surface area contributed by atoms with Crippen molar-refractivity contribution in [3.63, 3.8) is 0 Å². The summed E-state index contributed by atoms with van der Waals surface area (Å²) in [7, 11) is 0. The minimum atomic E-state index is -0.950. The van der Waals surface area contributed by atoms with Crippen LogP contribution in [0.3, 0.4) is 0 Å². The number of hydrogen-bond donors (Lipinski definition) is 0. The van der Waals surface area contributed by atoms with Crippen LogP contribution in [0.25, 0.3) is 0 Å². The summed E-state index contributed by atoms with van der Waals surface area (Å²) >= 11 is 2.17. The van der Waals surface area contributed by atoms with Gasteiger partial charge in [-0.1, -0.05) is 54.0 Å². The van der Waals surface area contributed by atoms with E-state index in [1.165, 1.54) is 25.5 Å². The number of ether oxygens (including phenoxy) is 1. The maximum Gasteiger partial charge on any atom is 0.200 e. The maximum atomic E-state index is 15.3. The summed E-state index contributed by atoms with van der Waals surface area (Å²) in [5, 5.41) is 0. The van der Waals surface area contributed by atoms with Gasteiger partial charge in [0.15, 0.2) is 23.2 Å². The first-order chi connectivity index (χ1) is 15.3. The first-order valence-electron chi connectivity index (χ1n) is 11.8. The van der Waals surface area contributed by atoms with Gasteiger partial charge in [0.2, 0.25) is 5.82 Å². The predicted molar refractivity (Wildman–Crippen MR) is 127 cm³/mol. The lowest BCUT2D eigenvalue weighted by molar-refractivity contribution is 0.184. The lowest BCUT2D eigenvalue weighted by Crippen LogP contribution is -2.36. The molecule has 0 N–H and O–H groups in total. The average molecular weight is 562 g/mol. The highest BCUT2D eigenvalue weighted by Crippen LogP contribution is 2.52. The van der Waals surface area contributed by atoms with Crippen molar-refractivity contribution in [2.75, 3.05) is 6.61 Å². The van der Waals surface area contributed by atoms with E-state index in [2.05, 4.69) is 22.6 Å². The summed E-state index contributed by atoms with van der Waals surface area (Å²) in [6.45, 7) is 1.81. The Bertz CT molecular complexity index is 897. The van der Waals surface area contributed by atoms with E-state index < -0.39 is 26.7 Å². The number of allylic oxidation sites excluding steroid dienone is 4. The minimum Gasteiger partial charge on any atom is -0.490 e. The molecule has 3 aliphatic rings. The number of alkyl halides is 1. The number of hydrogen-bond acceptors (Lipinski definition) is 1. The summed E-state index contributed by atoms with van der Waals surface area (Å²) in [6, 6.07) is 2.96. The molecule has 0 heterocycles. The van der Waals surface area contributed by atoms with Crippen molar-refractivity contribution in [2.45, 2.75) is 74.6 Å². The second kappa shape index (κ2) is 10.1. The van der Waals surface area contributed by atoms with Crippen LogP contribution >= 0.6 is 22.6 Å². The summed E-state index contributed by atoms with van der Waals surface area (Å²) in [5.41, 5.74) is 0.786. The monoisotopic (exact) mass is 562 g/mol. The van der Waals surface area contributed by atoms with Crippen LogP contribution in [0, 0.1) is 36.3 Å². The largest absolute Gasteiger partial charge is 0.490 e. The molecular weight excluding hydrogens is 531 g/mol. The first kappa shape index (κ1) is 24.1. The lowest BCUT2D eigenvalue weighted by Gasteiger charge is -2.40. The van der Waals surface area contributed by atoms with Gasteiger partial charge in [-0.2, -0.15) is 4.39 Å². The van der Waals surface area contributed by atoms with Crippen molar-refractivity contribution < 1.29 is 22.3 Å². The van der Waals surface area contributed by atoms with E-state index in [0.717, 1.165) is 51.4 Å². The van der Waals surface area contributed by atoms with E-state index >= 15 is 8.78 Å². The number of aryl methyl sites for hydroxylation is 1. The van der Waals surface area contributed by atoms with Crippen LogP contribution in [0.15, 0.2) is 35.4 Å². The Balaban J connectivity index is 1.34. The van der Waals surface area contributed by atoms with Crippen LogP contribution < -0.4 is 4.74 Å². The minimum absolute atomic E-state index is 0.0119. The van der Waals surface area contributed by atoms with Gasteiger partial charge >= 0.3 is 0 Å². The van der Waals surface area contributed by atoms with Gasteiger partial charge in [-0.15, -0.1) is 0 Å². The van der Waals surface area contributed by atoms with Gasteiger partial charge in [0.05, 0.1) is 10.0 Å². The van der Waals surface area contributed by atoms with Gasteiger partial charge in [0.1, 0.15) is 0 Å². The Morgan fingerprint density at radius 3 is 2.31 bits per heavy atom. The topological polar surface area (TPSA) is 9.23 Å². The van der Waals surface area contributed by atoms with Crippen molar-refractivity contribution in [3.8, 4) is 5.75 Å². The molecule has 1 nitrogen and oxygen atoms in total. The van der Waals surface area contributed by atoms with Crippen LogP contribution in [-0.2, 0) is 0 Å². The third-order valence-electron chi connectivity index (χ3n) is 7.68. The van der Waals surface area contributed by atoms with Crippen LogP contribution in [0.2, 0.25) is 0 Å². The van der Waals surface area contributed by atoms with E-state index in [4.69, 9.17) is 4.74 Å². The standard InChI is InChI=1S/C26H31F4IO/c1-16-7-12-21(24(29)22(16)27)32-15-17-8-10-18(11-9-17)20-13-14-26(31,25(30)23(20)28)19-5-3-2-4-6-19/h7,12-13,17-19H,2-6,8-11,14-15H2,1H3/t17?,18?,26-/m1/s1. The third kappa shape index (κ3) is 4.76. The summed E-state index contributed by atoms with van der Waals surface area (Å²) in [6.07, 6.45) is 11.0. The molecule has 0 aliphatic heterocycles. The fourth-order valence-electron chi connectivity index (χ4n) is 5.59. The smallest absolute Gasteiger partial charge is 0.200 e.